The van der Waals surface area contributed by atoms with E-state index in [4.69, 9.17) is 5.21 Å². The number of ether oxygens (including phenoxy) is 2. The maximum absolute atomic E-state index is 10.3. The second kappa shape index (κ2) is 5.11. The van der Waals surface area contributed by atoms with E-state index in [9.17, 15) is 9.59 Å². The van der Waals surface area contributed by atoms with Gasteiger partial charge in [0.25, 0.3) is 5.90 Å². The molecule has 0 bridgehead atoms. The molecule has 0 aliphatic rings. The smallest absolute Gasteiger partial charge is 0.309 e. The summed E-state index contributed by atoms with van der Waals surface area (Å²) in [6.07, 6.45) is 0. The first-order valence-electron chi connectivity index (χ1n) is 3.09. The molecule has 0 rings (SSSR count). The van der Waals surface area contributed by atoms with Gasteiger partial charge >= 0.3 is 11.9 Å². The molecule has 0 aromatic carbocycles. The summed E-state index contributed by atoms with van der Waals surface area (Å²) in [5.41, 5.74) is 0. The number of carbonyl (C=O) groups is 2. The molecule has 0 radical (unpaired) electrons. The molecular weight excluding hydrogens is 166 g/mol. The number of esters is 2. The van der Waals surface area contributed by atoms with Crippen molar-refractivity contribution in [3.05, 3.63) is 0 Å². The predicted molar refractivity (Wildman–Crippen MR) is 37.6 cm³/mol. The predicted octanol–water partition coefficient (Wildman–Crippen LogP) is -0.0997. The van der Waals surface area contributed by atoms with Crippen LogP contribution in [0.1, 0.15) is 13.8 Å². The van der Waals surface area contributed by atoms with E-state index in [0.717, 1.165) is 6.92 Å². The fourth-order valence-electron chi connectivity index (χ4n) is 0.408. The van der Waals surface area contributed by atoms with Crippen LogP contribution in [0.2, 0.25) is 0 Å². The Morgan fingerprint density at radius 3 is 2.25 bits per heavy atom. The van der Waals surface area contributed by atoms with Crippen LogP contribution < -0.4 is 0 Å². The van der Waals surface area contributed by atoms with Crippen molar-refractivity contribution in [3.63, 3.8) is 0 Å². The topological polar surface area (TPSA) is 85.2 Å². The quantitative estimate of drug-likeness (QED) is 0.208. The molecule has 0 aliphatic carbocycles. The van der Waals surface area contributed by atoms with E-state index in [0.29, 0.717) is 0 Å². The highest BCUT2D eigenvalue weighted by Crippen LogP contribution is 1.86. The van der Waals surface area contributed by atoms with E-state index in [1.165, 1.54) is 6.92 Å². The summed E-state index contributed by atoms with van der Waals surface area (Å²) in [4.78, 5) is 20.6. The fraction of sp³-hybridized carbons (Fsp3) is 0.500. The molecule has 12 heavy (non-hydrogen) atoms. The molecule has 0 aromatic heterocycles. The number of carbonyl (C=O) groups excluding carboxylic acids is 2. The molecular formula is C6H9NO5. The Hall–Kier alpha value is -1.59. The molecule has 1 N–H and O–H groups in total. The van der Waals surface area contributed by atoms with Crippen molar-refractivity contribution < 1.29 is 24.3 Å². The largest absolute Gasteiger partial charge is 0.456 e. The Kier molecular flexibility index (Phi) is 4.43. The van der Waals surface area contributed by atoms with Gasteiger partial charge in [-0.15, -0.1) is 0 Å². The lowest BCUT2D eigenvalue weighted by Crippen LogP contribution is -2.17. The monoisotopic (exact) mass is 175 g/mol. The molecule has 0 saturated heterocycles. The minimum Gasteiger partial charge on any atom is -0.456 e. The summed E-state index contributed by atoms with van der Waals surface area (Å²) in [5.74, 6) is -1.55. The SMILES string of the molecule is CC(=O)OCC(=NO)OC(C)=O. The molecule has 0 aliphatic heterocycles. The van der Waals surface area contributed by atoms with Crippen LogP contribution in [0.5, 0.6) is 0 Å². The van der Waals surface area contributed by atoms with Crippen molar-refractivity contribution in [2.75, 3.05) is 6.61 Å². The first-order valence-corrected chi connectivity index (χ1v) is 3.09. The van der Waals surface area contributed by atoms with E-state index in [2.05, 4.69) is 14.6 Å². The average molecular weight is 175 g/mol. The number of oxime groups is 1. The lowest BCUT2D eigenvalue weighted by molar-refractivity contribution is -0.141. The fourth-order valence-corrected chi connectivity index (χ4v) is 0.408. The summed E-state index contributed by atoms with van der Waals surface area (Å²) in [6.45, 7) is 1.97. The van der Waals surface area contributed by atoms with Crippen LogP contribution in [0.3, 0.4) is 0 Å². The Balaban J connectivity index is 3.85. The van der Waals surface area contributed by atoms with Crippen molar-refractivity contribution in [1.82, 2.24) is 0 Å². The minimum atomic E-state index is -0.644. The van der Waals surface area contributed by atoms with E-state index < -0.39 is 11.9 Å². The Morgan fingerprint density at radius 2 is 1.92 bits per heavy atom. The van der Waals surface area contributed by atoms with Gasteiger partial charge in [-0.25, -0.2) is 0 Å². The number of rotatable bonds is 2. The Labute approximate surface area is 68.8 Å². The first kappa shape index (κ1) is 10.4. The van der Waals surface area contributed by atoms with Crippen molar-refractivity contribution in [3.8, 4) is 0 Å². The van der Waals surface area contributed by atoms with E-state index >= 15 is 0 Å². The van der Waals surface area contributed by atoms with Gasteiger partial charge in [0.15, 0.2) is 6.61 Å². The van der Waals surface area contributed by atoms with Crippen LogP contribution in [0.15, 0.2) is 5.16 Å². The Morgan fingerprint density at radius 1 is 1.33 bits per heavy atom. The van der Waals surface area contributed by atoms with Gasteiger partial charge in [-0.2, -0.15) is 0 Å². The average Bonchev–Trinajstić information content (AvgIpc) is 1.97. The molecule has 6 nitrogen and oxygen atoms in total. The first-order chi connectivity index (χ1) is 5.56. The van der Waals surface area contributed by atoms with Gasteiger partial charge in [0.1, 0.15) is 0 Å². The zero-order valence-corrected chi connectivity index (χ0v) is 6.73. The van der Waals surface area contributed by atoms with Crippen LogP contribution in [0.25, 0.3) is 0 Å². The number of hydrogen-bond donors (Lipinski definition) is 1. The molecule has 0 unspecified atom stereocenters. The summed E-state index contributed by atoms with van der Waals surface area (Å²) in [6, 6.07) is 0. The van der Waals surface area contributed by atoms with Crippen LogP contribution in [0, 0.1) is 0 Å². The van der Waals surface area contributed by atoms with Crippen LogP contribution >= 0.6 is 0 Å². The third-order valence-electron chi connectivity index (χ3n) is 0.772. The zero-order valence-electron chi connectivity index (χ0n) is 6.73. The van der Waals surface area contributed by atoms with Crippen molar-refractivity contribution in [2.24, 2.45) is 5.16 Å². The van der Waals surface area contributed by atoms with Gasteiger partial charge in [-0.05, 0) is 0 Å². The number of nitrogens with zero attached hydrogens (tertiary/aromatic N) is 1. The summed E-state index contributed by atoms with van der Waals surface area (Å²) in [5, 5.41) is 10.8. The van der Waals surface area contributed by atoms with Gasteiger partial charge in [-0.1, -0.05) is 5.16 Å². The minimum absolute atomic E-state index is 0.349. The third kappa shape index (κ3) is 5.21. The summed E-state index contributed by atoms with van der Waals surface area (Å²) >= 11 is 0. The second-order valence-corrected chi connectivity index (χ2v) is 1.87. The summed E-state index contributed by atoms with van der Waals surface area (Å²) in [7, 11) is 0. The van der Waals surface area contributed by atoms with E-state index in [1.54, 1.807) is 0 Å². The normalized spacial score (nSPS) is 10.7. The molecule has 68 valence electrons. The van der Waals surface area contributed by atoms with Gasteiger partial charge in [-0.3, -0.25) is 9.59 Å². The molecule has 6 heteroatoms. The Bertz CT molecular complexity index is 210. The van der Waals surface area contributed by atoms with Gasteiger partial charge < -0.3 is 14.7 Å². The van der Waals surface area contributed by atoms with Gasteiger partial charge in [0.05, 0.1) is 0 Å². The van der Waals surface area contributed by atoms with Crippen LogP contribution in [0.4, 0.5) is 0 Å². The maximum atomic E-state index is 10.3. The molecule has 0 saturated carbocycles. The van der Waals surface area contributed by atoms with Crippen LogP contribution in [-0.2, 0) is 19.1 Å². The molecule has 0 heterocycles. The standard InChI is InChI=1S/C6H9NO5/c1-4(8)11-3-6(7-10)12-5(2)9/h10H,3H2,1-2H3. The molecule has 0 fully saturated rings. The van der Waals surface area contributed by atoms with Gasteiger partial charge in [0.2, 0.25) is 0 Å². The highest BCUT2D eigenvalue weighted by molar-refractivity contribution is 5.89. The second-order valence-electron chi connectivity index (χ2n) is 1.87. The van der Waals surface area contributed by atoms with E-state index in [1.807, 2.05) is 0 Å². The summed E-state index contributed by atoms with van der Waals surface area (Å²) < 4.78 is 8.72. The highest BCUT2D eigenvalue weighted by Gasteiger charge is 2.06. The highest BCUT2D eigenvalue weighted by atomic mass is 16.6. The van der Waals surface area contributed by atoms with Crippen LogP contribution in [-0.4, -0.2) is 29.7 Å². The number of hydrogen-bond acceptors (Lipinski definition) is 6. The van der Waals surface area contributed by atoms with Crippen molar-refractivity contribution in [2.45, 2.75) is 13.8 Å². The zero-order chi connectivity index (χ0) is 9.56. The maximum Gasteiger partial charge on any atom is 0.309 e. The molecule has 0 atom stereocenters. The molecule has 0 spiro atoms. The van der Waals surface area contributed by atoms with Crippen molar-refractivity contribution in [1.29, 1.82) is 0 Å². The molecule has 0 aromatic rings. The molecule has 0 amide bonds. The lowest BCUT2D eigenvalue weighted by atomic mass is 10.6. The lowest BCUT2D eigenvalue weighted by Gasteiger charge is -2.02. The third-order valence-corrected chi connectivity index (χ3v) is 0.772. The van der Waals surface area contributed by atoms with Gasteiger partial charge in [0, 0.05) is 13.8 Å². The van der Waals surface area contributed by atoms with E-state index in [-0.39, 0.29) is 12.5 Å². The van der Waals surface area contributed by atoms with Crippen molar-refractivity contribution >= 4 is 17.8 Å².